The van der Waals surface area contributed by atoms with Crippen molar-refractivity contribution in [3.63, 3.8) is 0 Å². The molecule has 0 aromatic rings. The number of hydrogen-bond donors (Lipinski definition) is 0. The molecule has 26 heavy (non-hydrogen) atoms. The van der Waals surface area contributed by atoms with Gasteiger partial charge >= 0.3 is 11.0 Å². The maximum atomic E-state index is 9.49. The zero-order valence-electron chi connectivity index (χ0n) is 15.0. The molecule has 0 N–H and O–H groups in total. The summed E-state index contributed by atoms with van der Waals surface area (Å²) >= 11 is 0. The normalized spacial score (nSPS) is 6.92. The molecular weight excluding hydrogens is 367 g/mol. The number of hydrogen-bond acceptors (Lipinski definition) is 8. The first-order valence-corrected chi connectivity index (χ1v) is 6.05. The second kappa shape index (κ2) is 22.0. The first-order chi connectivity index (χ1) is 10.6. The fourth-order valence-corrected chi connectivity index (χ4v) is 0. The van der Waals surface area contributed by atoms with Gasteiger partial charge in [-0.15, -0.1) is 0 Å². The van der Waals surface area contributed by atoms with E-state index in [9.17, 15) is 39.6 Å². The van der Waals surface area contributed by atoms with E-state index < -0.39 is 23.9 Å². The van der Waals surface area contributed by atoms with Gasteiger partial charge in [-0.2, -0.15) is 0 Å². The molecule has 0 heterocycles. The van der Waals surface area contributed by atoms with Gasteiger partial charge in [0.1, 0.15) is 0 Å². The van der Waals surface area contributed by atoms with Crippen molar-refractivity contribution in [1.29, 1.82) is 0 Å². The minimum Gasteiger partial charge on any atom is -0.545 e. The molecule has 0 aliphatic rings. The number of carbonyl (C=O) groups excluding carboxylic acids is 4. The summed E-state index contributed by atoms with van der Waals surface area (Å²) in [5.41, 5.74) is 0.259. The molecule has 0 aliphatic carbocycles. The van der Waals surface area contributed by atoms with Crippen LogP contribution in [0.1, 0.15) is 27.7 Å². The van der Waals surface area contributed by atoms with Crippen molar-refractivity contribution in [1.82, 2.24) is 0 Å². The minimum atomic E-state index is -1.19. The topological polar surface area (TPSA) is 161 Å². The quantitative estimate of drug-likeness (QED) is 0.364. The van der Waals surface area contributed by atoms with E-state index in [1.54, 1.807) is 0 Å². The van der Waals surface area contributed by atoms with Crippen LogP contribution in [0.4, 0.5) is 4.70 Å². The molecule has 0 unspecified atom stereocenters. The summed E-state index contributed by atoms with van der Waals surface area (Å²) in [6.45, 7) is 17.9. The van der Waals surface area contributed by atoms with Crippen LogP contribution in [0, 0.1) is 0 Å². The van der Waals surface area contributed by atoms with Crippen LogP contribution < -0.4 is 20.4 Å². The van der Waals surface area contributed by atoms with E-state index in [4.69, 9.17) is 0 Å². The molecule has 8 nitrogen and oxygen atoms in total. The van der Waals surface area contributed by atoms with Crippen molar-refractivity contribution >= 4 is 34.8 Å². The molecule has 0 rings (SSSR count). The van der Waals surface area contributed by atoms with E-state index in [-0.39, 0.29) is 38.0 Å². The van der Waals surface area contributed by atoms with E-state index >= 15 is 0 Å². The fourth-order valence-electron chi connectivity index (χ4n) is 0. The largest absolute Gasteiger partial charge is 4.00 e. The van der Waals surface area contributed by atoms with E-state index in [1.165, 1.54) is 27.7 Å². The average molecular weight is 388 g/mol. The Morgan fingerprint density at radius 1 is 0.500 bits per heavy atom. The predicted molar refractivity (Wildman–Crippen MR) is 87.5 cm³/mol. The maximum absolute atomic E-state index is 9.49. The molecule has 0 saturated carbocycles. The zero-order chi connectivity index (χ0) is 20.6. The number of aliphatic carboxylic acids is 4. The van der Waals surface area contributed by atoms with Crippen LogP contribution >= 0.6 is 0 Å². The molecule has 0 spiro atoms. The Labute approximate surface area is 156 Å². The minimum absolute atomic E-state index is 0. The Morgan fingerprint density at radius 3 is 0.538 bits per heavy atom. The van der Waals surface area contributed by atoms with E-state index in [1.807, 2.05) is 0 Å². The summed E-state index contributed by atoms with van der Waals surface area (Å²) in [5, 5.41) is 38.0. The Morgan fingerprint density at radius 2 is 0.538 bits per heavy atom. The van der Waals surface area contributed by atoms with Crippen LogP contribution in [-0.4, -0.2) is 34.8 Å². The maximum Gasteiger partial charge on any atom is 4.00 e. The molecule has 0 aromatic carbocycles. The van der Waals surface area contributed by atoms with E-state index in [2.05, 4.69) is 26.3 Å². The van der Waals surface area contributed by atoms with Crippen molar-refractivity contribution in [2.24, 2.45) is 0 Å². The second-order valence-corrected chi connectivity index (χ2v) is 4.27. The van der Waals surface area contributed by atoms with Crippen molar-refractivity contribution in [2.75, 3.05) is 0 Å². The van der Waals surface area contributed by atoms with Gasteiger partial charge in [-0.3, -0.25) is 4.70 Å². The zero-order valence-corrected chi connectivity index (χ0v) is 16.0. The number of rotatable bonds is 4. The van der Waals surface area contributed by atoms with Gasteiger partial charge in [-0.1, -0.05) is 26.3 Å². The standard InChI is InChI=1S/4C4H6O2.FH.Si/c4*1-3(2)4(5)6;;/h4*1H2,2H3,(H,5,6);1H;/q;;;;;+4/p-4. The summed E-state index contributed by atoms with van der Waals surface area (Å²) in [4.78, 5) is 38.0. The summed E-state index contributed by atoms with van der Waals surface area (Å²) in [6.07, 6.45) is 0. The molecule has 0 amide bonds. The SMILES string of the molecule is C=C(C)C(=O)[O-].C=C(C)C(=O)[O-].C=C(C)C(=O)[O-].C=C(C)C(=O)[O-].F.[Si+4]. The third-order valence-corrected chi connectivity index (χ3v) is 1.39. The van der Waals surface area contributed by atoms with Crippen molar-refractivity contribution in [3.05, 3.63) is 48.6 Å². The Balaban J connectivity index is -0.0000000500. The molecule has 0 radical (unpaired) electrons. The van der Waals surface area contributed by atoms with Crippen LogP contribution in [0.5, 0.6) is 0 Å². The van der Waals surface area contributed by atoms with Gasteiger partial charge in [0.05, 0.1) is 23.9 Å². The van der Waals surface area contributed by atoms with Crippen molar-refractivity contribution in [3.8, 4) is 0 Å². The summed E-state index contributed by atoms with van der Waals surface area (Å²) in [6, 6.07) is 0. The van der Waals surface area contributed by atoms with Gasteiger partial charge in [0, 0.05) is 0 Å². The van der Waals surface area contributed by atoms with E-state index in [0.717, 1.165) is 0 Å². The average Bonchev–Trinajstić information content (AvgIpc) is 2.40. The summed E-state index contributed by atoms with van der Waals surface area (Å²) in [7, 11) is 0. The Kier molecular flexibility index (Phi) is 32.6. The van der Waals surface area contributed by atoms with Gasteiger partial charge in [0.15, 0.2) is 0 Å². The Bertz CT molecular complexity index is 394. The first kappa shape index (κ1) is 38.5. The van der Waals surface area contributed by atoms with Gasteiger partial charge in [-0.25, -0.2) is 0 Å². The third kappa shape index (κ3) is 49.7. The van der Waals surface area contributed by atoms with Crippen LogP contribution in [0.25, 0.3) is 0 Å². The molecule has 0 bridgehead atoms. The predicted octanol–water partition coefficient (Wildman–Crippen LogP) is -2.98. The number of halogens is 1. The molecular formula is C16H21FO8Si. The van der Waals surface area contributed by atoms with Crippen LogP contribution in [0.3, 0.4) is 0 Å². The van der Waals surface area contributed by atoms with E-state index in [0.29, 0.717) is 0 Å². The van der Waals surface area contributed by atoms with Crippen LogP contribution in [0.15, 0.2) is 48.6 Å². The molecule has 0 aromatic heterocycles. The van der Waals surface area contributed by atoms with Crippen molar-refractivity contribution < 1.29 is 44.3 Å². The third-order valence-electron chi connectivity index (χ3n) is 1.39. The number of carboxylic acids is 4. The molecule has 0 aliphatic heterocycles. The molecule has 144 valence electrons. The Hall–Kier alpha value is -3.01. The summed E-state index contributed by atoms with van der Waals surface area (Å²) < 4.78 is 0. The van der Waals surface area contributed by atoms with Gasteiger partial charge in [-0.05, 0) is 50.0 Å². The van der Waals surface area contributed by atoms with Crippen molar-refractivity contribution in [2.45, 2.75) is 27.7 Å². The summed E-state index contributed by atoms with van der Waals surface area (Å²) in [5.74, 6) is -4.74. The molecule has 0 atom stereocenters. The van der Waals surface area contributed by atoms with Gasteiger partial charge in [0.2, 0.25) is 0 Å². The molecule has 0 fully saturated rings. The fraction of sp³-hybridized carbons (Fsp3) is 0.250. The van der Waals surface area contributed by atoms with Crippen LogP contribution in [-0.2, 0) is 19.2 Å². The molecule has 10 heteroatoms. The van der Waals surface area contributed by atoms with Gasteiger partial charge in [0.25, 0.3) is 0 Å². The smallest absolute Gasteiger partial charge is 0.545 e. The number of carbonyl (C=O) groups is 4. The van der Waals surface area contributed by atoms with Gasteiger partial charge < -0.3 is 39.6 Å². The molecule has 0 saturated heterocycles. The monoisotopic (exact) mass is 388 g/mol. The number of carboxylic acid groups (broad SMARTS) is 4. The second-order valence-electron chi connectivity index (χ2n) is 4.27. The first-order valence-electron chi connectivity index (χ1n) is 6.05. The van der Waals surface area contributed by atoms with Crippen LogP contribution in [0.2, 0.25) is 0 Å².